The van der Waals surface area contributed by atoms with Gasteiger partial charge in [-0.25, -0.2) is 0 Å². The zero-order chi connectivity index (χ0) is 14.5. The van der Waals surface area contributed by atoms with Crippen molar-refractivity contribution in [2.45, 2.75) is 39.7 Å². The van der Waals surface area contributed by atoms with E-state index in [1.165, 1.54) is 0 Å². The molecule has 0 heterocycles. The highest BCUT2D eigenvalue weighted by Crippen LogP contribution is 2.29. The molecule has 0 saturated heterocycles. The third-order valence-electron chi connectivity index (χ3n) is 3.73. The largest absolute Gasteiger partial charge is 0.303 e. The second-order valence-electron chi connectivity index (χ2n) is 5.63. The van der Waals surface area contributed by atoms with E-state index < -0.39 is 0 Å². The molecule has 0 saturated carbocycles. The molecular formula is C16H24ClNO. The maximum atomic E-state index is 11.3. The van der Waals surface area contributed by atoms with Crippen molar-refractivity contribution in [1.82, 2.24) is 4.90 Å². The van der Waals surface area contributed by atoms with Crippen molar-refractivity contribution in [2.75, 3.05) is 13.6 Å². The number of rotatable bonds is 7. The molecule has 19 heavy (non-hydrogen) atoms. The monoisotopic (exact) mass is 281 g/mol. The van der Waals surface area contributed by atoms with Crippen molar-refractivity contribution in [3.8, 4) is 0 Å². The predicted octanol–water partition coefficient (Wildman–Crippen LogP) is 4.34. The molecule has 2 atom stereocenters. The van der Waals surface area contributed by atoms with Gasteiger partial charge in [-0.2, -0.15) is 0 Å². The van der Waals surface area contributed by atoms with Crippen LogP contribution in [0.4, 0.5) is 0 Å². The number of aldehydes is 1. The molecule has 3 heteroatoms. The number of carbonyl (C=O) groups is 1. The maximum Gasteiger partial charge on any atom is 0.127 e. The van der Waals surface area contributed by atoms with E-state index in [9.17, 15) is 4.79 Å². The van der Waals surface area contributed by atoms with Gasteiger partial charge in [0, 0.05) is 23.0 Å². The summed E-state index contributed by atoms with van der Waals surface area (Å²) in [4.78, 5) is 13.5. The first-order chi connectivity index (χ1) is 8.93. The van der Waals surface area contributed by atoms with Crippen LogP contribution in [0.5, 0.6) is 0 Å². The molecule has 0 amide bonds. The number of carbonyl (C=O) groups excluding carboxylic acids is 1. The van der Waals surface area contributed by atoms with Crippen LogP contribution in [0.1, 0.15) is 45.2 Å². The van der Waals surface area contributed by atoms with E-state index in [1.54, 1.807) is 0 Å². The van der Waals surface area contributed by atoms with E-state index in [0.717, 1.165) is 36.3 Å². The molecule has 0 aliphatic rings. The number of hydrogen-bond acceptors (Lipinski definition) is 2. The summed E-state index contributed by atoms with van der Waals surface area (Å²) in [5.74, 6) is 0. The van der Waals surface area contributed by atoms with Crippen LogP contribution in [0.25, 0.3) is 0 Å². The molecule has 0 aliphatic heterocycles. The van der Waals surface area contributed by atoms with Crippen molar-refractivity contribution in [3.63, 3.8) is 0 Å². The smallest absolute Gasteiger partial charge is 0.127 e. The lowest BCUT2D eigenvalue weighted by Crippen LogP contribution is -2.36. The van der Waals surface area contributed by atoms with Gasteiger partial charge in [0.2, 0.25) is 0 Å². The fraction of sp³-hybridized carbons (Fsp3) is 0.562. The molecule has 106 valence electrons. The Morgan fingerprint density at radius 2 is 2.05 bits per heavy atom. The van der Waals surface area contributed by atoms with Crippen molar-refractivity contribution in [3.05, 3.63) is 34.9 Å². The average Bonchev–Trinajstić information content (AvgIpc) is 2.38. The summed E-state index contributed by atoms with van der Waals surface area (Å²) in [6.45, 7) is 7.01. The molecule has 0 bridgehead atoms. The zero-order valence-corrected chi connectivity index (χ0v) is 13.1. The summed E-state index contributed by atoms with van der Waals surface area (Å²) in [5, 5.41) is 0.783. The summed E-state index contributed by atoms with van der Waals surface area (Å²) >= 11 is 6.23. The Kier molecular flexibility index (Phi) is 6.02. The molecule has 0 spiro atoms. The minimum atomic E-state index is -0.279. The van der Waals surface area contributed by atoms with Crippen LogP contribution in [-0.4, -0.2) is 24.8 Å². The third kappa shape index (κ3) is 4.32. The molecule has 0 N–H and O–H groups in total. The Morgan fingerprint density at radius 1 is 1.42 bits per heavy atom. The first-order valence-corrected chi connectivity index (χ1v) is 7.22. The molecule has 2 nitrogen and oxygen atoms in total. The highest BCUT2D eigenvalue weighted by atomic mass is 35.5. The van der Waals surface area contributed by atoms with Crippen LogP contribution >= 0.6 is 11.6 Å². The van der Waals surface area contributed by atoms with Gasteiger partial charge < -0.3 is 4.79 Å². The van der Waals surface area contributed by atoms with E-state index in [2.05, 4.69) is 18.7 Å². The fourth-order valence-corrected chi connectivity index (χ4v) is 2.80. The Hall–Kier alpha value is -0.860. The number of hydrogen-bond donors (Lipinski definition) is 0. The minimum absolute atomic E-state index is 0.199. The lowest BCUT2D eigenvalue weighted by molar-refractivity contribution is -0.116. The van der Waals surface area contributed by atoms with Gasteiger partial charge in [-0.15, -0.1) is 0 Å². The van der Waals surface area contributed by atoms with Gasteiger partial charge in [0.1, 0.15) is 6.29 Å². The van der Waals surface area contributed by atoms with Gasteiger partial charge >= 0.3 is 0 Å². The highest BCUT2D eigenvalue weighted by molar-refractivity contribution is 6.31. The van der Waals surface area contributed by atoms with Crippen molar-refractivity contribution >= 4 is 17.9 Å². The van der Waals surface area contributed by atoms with E-state index in [-0.39, 0.29) is 11.5 Å². The quantitative estimate of drug-likeness (QED) is 0.693. The van der Waals surface area contributed by atoms with Gasteiger partial charge in [-0.3, -0.25) is 4.90 Å². The number of nitrogens with zero attached hydrogens (tertiary/aromatic N) is 1. The summed E-state index contributed by atoms with van der Waals surface area (Å²) in [5.41, 5.74) is 0.829. The van der Waals surface area contributed by atoms with Crippen LogP contribution in [0, 0.1) is 5.41 Å². The molecule has 1 aromatic carbocycles. The Balaban J connectivity index is 2.80. The molecule has 1 aromatic rings. The van der Waals surface area contributed by atoms with Gasteiger partial charge in [0.15, 0.2) is 0 Å². The minimum Gasteiger partial charge on any atom is -0.303 e. The average molecular weight is 282 g/mol. The second kappa shape index (κ2) is 7.06. The van der Waals surface area contributed by atoms with Gasteiger partial charge in [0.05, 0.1) is 0 Å². The van der Waals surface area contributed by atoms with Gasteiger partial charge in [-0.1, -0.05) is 50.1 Å². The lowest BCUT2D eigenvalue weighted by Gasteiger charge is -2.33. The van der Waals surface area contributed by atoms with Crippen molar-refractivity contribution < 1.29 is 4.79 Å². The molecule has 0 aromatic heterocycles. The summed E-state index contributed by atoms with van der Waals surface area (Å²) < 4.78 is 0. The highest BCUT2D eigenvalue weighted by Gasteiger charge is 2.27. The fourth-order valence-electron chi connectivity index (χ4n) is 2.50. The van der Waals surface area contributed by atoms with Crippen LogP contribution < -0.4 is 0 Å². The molecule has 2 unspecified atom stereocenters. The number of benzene rings is 1. The first kappa shape index (κ1) is 16.2. The summed E-state index contributed by atoms with van der Waals surface area (Å²) in [7, 11) is 2.05. The summed E-state index contributed by atoms with van der Waals surface area (Å²) in [6.07, 6.45) is 3.02. The van der Waals surface area contributed by atoms with Crippen LogP contribution in [0.2, 0.25) is 5.02 Å². The standard InChI is InChI=1S/C16H24ClNO/c1-5-10-16(3,12-19)11-18(4)13(2)14-8-6-7-9-15(14)17/h6-9,12-13H,5,10-11H2,1-4H3. The normalized spacial score (nSPS) is 16.1. The Morgan fingerprint density at radius 3 is 2.58 bits per heavy atom. The molecule has 0 radical (unpaired) electrons. The number of halogens is 1. The molecule has 0 aliphatic carbocycles. The van der Waals surface area contributed by atoms with Crippen LogP contribution in [-0.2, 0) is 4.79 Å². The summed E-state index contributed by atoms with van der Waals surface area (Å²) in [6, 6.07) is 8.08. The third-order valence-corrected chi connectivity index (χ3v) is 4.08. The molecule has 0 fully saturated rings. The van der Waals surface area contributed by atoms with Crippen LogP contribution in [0.15, 0.2) is 24.3 Å². The Labute approximate surface area is 121 Å². The van der Waals surface area contributed by atoms with E-state index in [0.29, 0.717) is 0 Å². The van der Waals surface area contributed by atoms with Crippen LogP contribution in [0.3, 0.4) is 0 Å². The predicted molar refractivity (Wildman–Crippen MR) is 81.6 cm³/mol. The van der Waals surface area contributed by atoms with Crippen molar-refractivity contribution in [2.24, 2.45) is 5.41 Å². The lowest BCUT2D eigenvalue weighted by atomic mass is 9.86. The first-order valence-electron chi connectivity index (χ1n) is 6.84. The van der Waals surface area contributed by atoms with E-state index >= 15 is 0 Å². The maximum absolute atomic E-state index is 11.3. The van der Waals surface area contributed by atoms with E-state index in [1.807, 2.05) is 38.2 Å². The van der Waals surface area contributed by atoms with Gasteiger partial charge in [0.25, 0.3) is 0 Å². The SMILES string of the molecule is CCCC(C)(C=O)CN(C)C(C)c1ccccc1Cl. The van der Waals surface area contributed by atoms with Gasteiger partial charge in [-0.05, 0) is 32.0 Å². The van der Waals surface area contributed by atoms with E-state index in [4.69, 9.17) is 11.6 Å². The topological polar surface area (TPSA) is 20.3 Å². The molecule has 1 rings (SSSR count). The second-order valence-corrected chi connectivity index (χ2v) is 6.04. The zero-order valence-electron chi connectivity index (χ0n) is 12.3. The Bertz CT molecular complexity index is 421. The molecular weight excluding hydrogens is 258 g/mol. The van der Waals surface area contributed by atoms with Crippen molar-refractivity contribution in [1.29, 1.82) is 0 Å².